The summed E-state index contributed by atoms with van der Waals surface area (Å²) in [4.78, 5) is 29.7. The highest BCUT2D eigenvalue weighted by atomic mass is 32.2. The predicted octanol–water partition coefficient (Wildman–Crippen LogP) is 5.58. The molecule has 194 valence electrons. The van der Waals surface area contributed by atoms with Crippen molar-refractivity contribution in [3.05, 3.63) is 74.9 Å². The first-order valence-corrected chi connectivity index (χ1v) is 14.6. The number of ketones is 1. The second-order valence-corrected chi connectivity index (χ2v) is 13.5. The molecule has 5 rings (SSSR count). The predicted molar refractivity (Wildman–Crippen MR) is 152 cm³/mol. The molecular formula is C27H26N6O2S3. The maximum Gasteiger partial charge on any atom is 0.234 e. The van der Waals surface area contributed by atoms with Gasteiger partial charge in [0.2, 0.25) is 11.0 Å². The topological polar surface area (TPSA) is 125 Å². The molecule has 0 fully saturated rings. The first-order chi connectivity index (χ1) is 18.2. The van der Waals surface area contributed by atoms with Crippen LogP contribution in [0.4, 0.5) is 10.8 Å². The molecule has 1 aliphatic heterocycles. The van der Waals surface area contributed by atoms with Crippen molar-refractivity contribution in [2.24, 2.45) is 11.1 Å². The molecule has 2 aliphatic rings. The molecule has 3 aromatic rings. The average Bonchev–Trinajstić information content (AvgIpc) is 3.51. The van der Waals surface area contributed by atoms with E-state index in [4.69, 9.17) is 5.73 Å². The van der Waals surface area contributed by atoms with Crippen LogP contribution < -0.4 is 16.0 Å². The van der Waals surface area contributed by atoms with E-state index in [1.807, 2.05) is 49.4 Å². The van der Waals surface area contributed by atoms with Crippen molar-refractivity contribution in [3.8, 4) is 6.07 Å². The molecule has 0 bridgehead atoms. The normalized spacial score (nSPS) is 18.8. The van der Waals surface area contributed by atoms with E-state index in [1.165, 1.54) is 23.1 Å². The molecule has 38 heavy (non-hydrogen) atoms. The zero-order chi connectivity index (χ0) is 27.0. The van der Waals surface area contributed by atoms with Gasteiger partial charge in [0.15, 0.2) is 10.1 Å². The van der Waals surface area contributed by atoms with Crippen LogP contribution >= 0.6 is 34.4 Å². The third-order valence-corrected chi connectivity index (χ3v) is 9.51. The number of amides is 1. The van der Waals surface area contributed by atoms with E-state index in [-0.39, 0.29) is 28.7 Å². The smallest absolute Gasteiger partial charge is 0.234 e. The Hall–Kier alpha value is -3.46. The lowest BCUT2D eigenvalue weighted by Gasteiger charge is -2.42. The number of nitrogens with zero attached hydrogens (tertiary/aromatic N) is 4. The number of para-hydroxylation sites is 1. The molecule has 1 unspecified atom stereocenters. The van der Waals surface area contributed by atoms with Gasteiger partial charge in [0.25, 0.3) is 0 Å². The largest absolute Gasteiger partial charge is 0.384 e. The Morgan fingerprint density at radius 1 is 1.21 bits per heavy atom. The molecule has 1 atom stereocenters. The number of nitriles is 1. The Balaban J connectivity index is 1.47. The summed E-state index contributed by atoms with van der Waals surface area (Å²) in [6.07, 6.45) is 1.00. The summed E-state index contributed by atoms with van der Waals surface area (Å²) in [7, 11) is 0. The highest BCUT2D eigenvalue weighted by Crippen LogP contribution is 2.51. The number of hydrogen-bond donors (Lipinski definition) is 2. The number of thioether (sulfide) groups is 1. The summed E-state index contributed by atoms with van der Waals surface area (Å²) in [6.45, 7) is 6.12. The lowest BCUT2D eigenvalue weighted by atomic mass is 9.70. The zero-order valence-electron chi connectivity index (χ0n) is 21.1. The fraction of sp³-hybridized carbons (Fsp3) is 0.296. The Kier molecular flexibility index (Phi) is 7.13. The summed E-state index contributed by atoms with van der Waals surface area (Å²) in [6, 6.07) is 15.5. The van der Waals surface area contributed by atoms with Gasteiger partial charge in [-0.2, -0.15) is 5.26 Å². The fourth-order valence-electron chi connectivity index (χ4n) is 4.82. The molecule has 3 N–H and O–H groups in total. The van der Waals surface area contributed by atoms with Gasteiger partial charge in [0.1, 0.15) is 5.82 Å². The number of carbonyl (C=O) groups is 2. The number of allylic oxidation sites excluding steroid dienone is 3. The molecule has 0 spiro atoms. The van der Waals surface area contributed by atoms with Crippen molar-refractivity contribution in [1.82, 2.24) is 10.2 Å². The van der Waals surface area contributed by atoms with Gasteiger partial charge in [-0.1, -0.05) is 55.1 Å². The molecule has 0 saturated carbocycles. The standard InChI is InChI=1S/C27H26N6O2S3/c1-15-9-10-20(37-15)22-17(13-28)24(29)33(18-11-27(2,3)12-19(34)23(18)22)25-31-32-26(38-25)36-14-21(35)30-16-7-5-4-6-8-16/h4-10,22H,11-12,14,29H2,1-3H3,(H,30,35). The number of aromatic nitrogens is 2. The number of thiophene rings is 1. The van der Waals surface area contributed by atoms with E-state index in [1.54, 1.807) is 16.2 Å². The third kappa shape index (κ3) is 5.12. The van der Waals surface area contributed by atoms with Crippen LogP contribution in [0.5, 0.6) is 0 Å². The van der Waals surface area contributed by atoms with Crippen LogP contribution in [0.15, 0.2) is 69.5 Å². The van der Waals surface area contributed by atoms with E-state index in [2.05, 4.69) is 35.4 Å². The number of carbonyl (C=O) groups excluding carboxylic acids is 2. The van der Waals surface area contributed by atoms with Crippen LogP contribution in [-0.4, -0.2) is 27.6 Å². The second-order valence-electron chi connectivity index (χ2n) is 9.98. The number of benzene rings is 1. The number of aryl methyl sites for hydroxylation is 1. The van der Waals surface area contributed by atoms with Crippen molar-refractivity contribution < 1.29 is 9.59 Å². The van der Waals surface area contributed by atoms with Crippen molar-refractivity contribution in [2.75, 3.05) is 16.0 Å². The SMILES string of the molecule is Cc1ccc(C2C(C#N)=C(N)N(c3nnc(SCC(=O)Nc4ccccc4)s3)C3=C2C(=O)CC(C)(C)C3)s1. The summed E-state index contributed by atoms with van der Waals surface area (Å²) >= 11 is 4.13. The first-order valence-electron chi connectivity index (χ1n) is 12.0. The van der Waals surface area contributed by atoms with Crippen LogP contribution in [-0.2, 0) is 9.59 Å². The zero-order valence-corrected chi connectivity index (χ0v) is 23.6. The number of hydrogen-bond acceptors (Lipinski definition) is 10. The Morgan fingerprint density at radius 3 is 2.66 bits per heavy atom. The summed E-state index contributed by atoms with van der Waals surface area (Å²) in [5.74, 6) is -0.188. The molecule has 11 heteroatoms. The van der Waals surface area contributed by atoms with E-state index >= 15 is 0 Å². The molecule has 3 heterocycles. The van der Waals surface area contributed by atoms with Gasteiger partial charge in [-0.3, -0.25) is 14.5 Å². The van der Waals surface area contributed by atoms with Gasteiger partial charge in [0, 0.05) is 33.1 Å². The number of nitrogens with two attached hydrogens (primary N) is 1. The Labute approximate surface area is 233 Å². The van der Waals surface area contributed by atoms with Gasteiger partial charge in [0.05, 0.1) is 23.3 Å². The van der Waals surface area contributed by atoms with E-state index < -0.39 is 5.92 Å². The van der Waals surface area contributed by atoms with Gasteiger partial charge in [-0.25, -0.2) is 0 Å². The minimum Gasteiger partial charge on any atom is -0.384 e. The summed E-state index contributed by atoms with van der Waals surface area (Å²) in [5.41, 5.74) is 8.85. The van der Waals surface area contributed by atoms with Crippen molar-refractivity contribution >= 4 is 56.9 Å². The van der Waals surface area contributed by atoms with Crippen LogP contribution in [0.2, 0.25) is 0 Å². The van der Waals surface area contributed by atoms with Gasteiger partial charge in [-0.05, 0) is 43.0 Å². The minimum atomic E-state index is -0.489. The van der Waals surface area contributed by atoms with Gasteiger partial charge < -0.3 is 11.1 Å². The molecule has 8 nitrogen and oxygen atoms in total. The van der Waals surface area contributed by atoms with Gasteiger partial charge in [-0.15, -0.1) is 21.5 Å². The van der Waals surface area contributed by atoms with Crippen molar-refractivity contribution in [2.45, 2.75) is 43.9 Å². The van der Waals surface area contributed by atoms with Crippen molar-refractivity contribution in [3.63, 3.8) is 0 Å². The highest BCUT2D eigenvalue weighted by molar-refractivity contribution is 8.01. The number of rotatable bonds is 6. The number of Topliss-reactive ketones (excluding diaryl/α,β-unsaturated/α-hetero) is 1. The lowest BCUT2D eigenvalue weighted by Crippen LogP contribution is -2.42. The van der Waals surface area contributed by atoms with Crippen molar-refractivity contribution in [1.29, 1.82) is 5.26 Å². The van der Waals surface area contributed by atoms with Crippen LogP contribution in [0.1, 0.15) is 42.4 Å². The Bertz CT molecular complexity index is 1510. The molecule has 2 aromatic heterocycles. The molecule has 0 saturated heterocycles. The van der Waals surface area contributed by atoms with E-state index in [0.717, 1.165) is 21.1 Å². The highest BCUT2D eigenvalue weighted by Gasteiger charge is 2.45. The van der Waals surface area contributed by atoms with Crippen LogP contribution in [0, 0.1) is 23.7 Å². The van der Waals surface area contributed by atoms with Crippen LogP contribution in [0.25, 0.3) is 0 Å². The monoisotopic (exact) mass is 562 g/mol. The lowest BCUT2D eigenvalue weighted by molar-refractivity contribution is -0.118. The van der Waals surface area contributed by atoms with E-state index in [9.17, 15) is 14.9 Å². The third-order valence-electron chi connectivity index (χ3n) is 6.40. The summed E-state index contributed by atoms with van der Waals surface area (Å²) in [5, 5.41) is 22.2. The first kappa shape index (κ1) is 26.2. The number of nitrogens with one attached hydrogen (secondary N) is 1. The molecule has 1 amide bonds. The minimum absolute atomic E-state index is 0.0225. The fourth-order valence-corrected chi connectivity index (χ4v) is 7.50. The molecule has 0 radical (unpaired) electrons. The van der Waals surface area contributed by atoms with Crippen LogP contribution in [0.3, 0.4) is 0 Å². The van der Waals surface area contributed by atoms with E-state index in [0.29, 0.717) is 33.5 Å². The number of anilines is 2. The summed E-state index contributed by atoms with van der Waals surface area (Å²) < 4.78 is 0.592. The van der Waals surface area contributed by atoms with Gasteiger partial charge >= 0.3 is 0 Å². The average molecular weight is 563 g/mol. The Morgan fingerprint density at radius 2 is 1.97 bits per heavy atom. The quantitative estimate of drug-likeness (QED) is 0.373. The molecular weight excluding hydrogens is 537 g/mol. The maximum absolute atomic E-state index is 13.6. The molecule has 1 aromatic carbocycles. The molecule has 1 aliphatic carbocycles. The second kappa shape index (κ2) is 10.4. The maximum atomic E-state index is 13.6.